The molecular formula is C21H24F3N3O5S. The second kappa shape index (κ2) is 10.1. The first-order valence-electron chi connectivity index (χ1n) is 10.1. The molecule has 0 amide bonds. The summed E-state index contributed by atoms with van der Waals surface area (Å²) in [5.74, 6) is -2.32. The van der Waals surface area contributed by atoms with Gasteiger partial charge in [0.2, 0.25) is 10.0 Å². The van der Waals surface area contributed by atoms with Crippen molar-refractivity contribution in [1.29, 1.82) is 0 Å². The molecule has 0 bridgehead atoms. The molecule has 8 nitrogen and oxygen atoms in total. The summed E-state index contributed by atoms with van der Waals surface area (Å²) < 4.78 is 65.6. The number of aliphatic carboxylic acids is 1. The second-order valence-electron chi connectivity index (χ2n) is 8.00. The maximum atomic E-state index is 12.6. The average molecular weight is 488 g/mol. The first-order valence-corrected chi connectivity index (χ1v) is 11.6. The number of para-hydroxylation sites is 1. The molecule has 3 heterocycles. The molecule has 1 saturated heterocycles. The summed E-state index contributed by atoms with van der Waals surface area (Å²) in [7, 11) is -3.54. The zero-order valence-corrected chi connectivity index (χ0v) is 18.4. The molecule has 2 aliphatic rings. The Kier molecular flexibility index (Phi) is 7.60. The number of carbonyl (C=O) groups is 1. The van der Waals surface area contributed by atoms with Gasteiger partial charge in [-0.3, -0.25) is 9.88 Å². The number of rotatable bonds is 2. The summed E-state index contributed by atoms with van der Waals surface area (Å²) >= 11 is 0. The van der Waals surface area contributed by atoms with Gasteiger partial charge in [0.25, 0.3) is 0 Å². The average Bonchev–Trinajstić information content (AvgIpc) is 2.78. The van der Waals surface area contributed by atoms with Gasteiger partial charge >= 0.3 is 12.1 Å². The molecule has 0 radical (unpaired) electrons. The lowest BCUT2D eigenvalue weighted by molar-refractivity contribution is -0.192. The van der Waals surface area contributed by atoms with Crippen LogP contribution in [0.1, 0.15) is 18.4 Å². The van der Waals surface area contributed by atoms with Crippen LogP contribution in [0, 0.1) is 5.41 Å². The highest BCUT2D eigenvalue weighted by atomic mass is 32.2. The third kappa shape index (κ3) is 6.65. The quantitative estimate of drug-likeness (QED) is 0.671. The number of carboxylic acids is 1. The Balaban J connectivity index is 0.000000383. The van der Waals surface area contributed by atoms with Crippen LogP contribution in [0.2, 0.25) is 0 Å². The van der Waals surface area contributed by atoms with E-state index in [4.69, 9.17) is 14.6 Å². The molecule has 12 heteroatoms. The number of carboxylic acid groups (broad SMARTS) is 1. The van der Waals surface area contributed by atoms with E-state index in [1.165, 1.54) is 5.56 Å². The molecule has 1 spiro atoms. The summed E-state index contributed by atoms with van der Waals surface area (Å²) in [6.07, 6.45) is 0.398. The molecule has 1 aromatic carbocycles. The van der Waals surface area contributed by atoms with Crippen molar-refractivity contribution in [3.8, 4) is 5.75 Å². The van der Waals surface area contributed by atoms with Gasteiger partial charge in [-0.2, -0.15) is 13.2 Å². The van der Waals surface area contributed by atoms with E-state index in [-0.39, 0.29) is 10.3 Å². The number of ether oxygens (including phenoxy) is 1. The van der Waals surface area contributed by atoms with Crippen LogP contribution in [-0.2, 0) is 21.4 Å². The van der Waals surface area contributed by atoms with E-state index in [9.17, 15) is 21.6 Å². The predicted molar refractivity (Wildman–Crippen MR) is 112 cm³/mol. The highest BCUT2D eigenvalue weighted by Gasteiger charge is 2.39. The first-order chi connectivity index (χ1) is 15.5. The number of piperidine rings is 1. The number of nitrogens with zero attached hydrogens (tertiary/aromatic N) is 2. The molecule has 2 aliphatic heterocycles. The number of hydrogen-bond acceptors (Lipinski definition) is 6. The standard InChI is InChI=1S/C19H23N3O3S.C2HF3O2/c23-26(24)18-6-2-1-5-17(18)25-15-19(14-21-26)7-10-22(11-8-19)13-16-4-3-9-20-12-16;3-2(4,5)1(6)7/h1-6,9,12,21H,7-8,10-11,13-15H2;(H,6,7). The van der Waals surface area contributed by atoms with Gasteiger partial charge in [0.05, 0.1) is 6.61 Å². The maximum absolute atomic E-state index is 12.6. The Bertz CT molecular complexity index is 1060. The van der Waals surface area contributed by atoms with Crippen LogP contribution in [0.4, 0.5) is 13.2 Å². The molecular weight excluding hydrogens is 463 g/mol. The fourth-order valence-corrected chi connectivity index (χ4v) is 4.96. The number of likely N-dealkylation sites (tertiary alicyclic amines) is 1. The lowest BCUT2D eigenvalue weighted by Crippen LogP contribution is -2.49. The molecule has 2 aromatic rings. The molecule has 0 saturated carbocycles. The molecule has 0 unspecified atom stereocenters. The van der Waals surface area contributed by atoms with Crippen LogP contribution in [0.3, 0.4) is 0 Å². The van der Waals surface area contributed by atoms with E-state index in [1.807, 2.05) is 12.3 Å². The molecule has 1 aromatic heterocycles. The third-order valence-electron chi connectivity index (χ3n) is 5.60. The van der Waals surface area contributed by atoms with Crippen molar-refractivity contribution in [1.82, 2.24) is 14.6 Å². The first kappa shape index (κ1) is 24.9. The number of pyridine rings is 1. The third-order valence-corrected chi connectivity index (χ3v) is 7.04. The minimum Gasteiger partial charge on any atom is -0.492 e. The van der Waals surface area contributed by atoms with E-state index >= 15 is 0 Å². The monoisotopic (exact) mass is 487 g/mol. The molecule has 0 aliphatic carbocycles. The number of halogens is 3. The fraction of sp³-hybridized carbons (Fsp3) is 0.429. The topological polar surface area (TPSA) is 109 Å². The number of fused-ring (bicyclic) bond motifs is 1. The Morgan fingerprint density at radius 1 is 1.18 bits per heavy atom. The number of benzene rings is 1. The molecule has 2 N–H and O–H groups in total. The Morgan fingerprint density at radius 3 is 2.45 bits per heavy atom. The van der Waals surface area contributed by atoms with Crippen LogP contribution < -0.4 is 9.46 Å². The smallest absolute Gasteiger partial charge is 0.490 e. The van der Waals surface area contributed by atoms with E-state index in [1.54, 1.807) is 30.5 Å². The van der Waals surface area contributed by atoms with Crippen molar-refractivity contribution in [3.05, 3.63) is 54.4 Å². The van der Waals surface area contributed by atoms with Crippen molar-refractivity contribution in [2.24, 2.45) is 5.41 Å². The Morgan fingerprint density at radius 2 is 1.85 bits per heavy atom. The Hall–Kier alpha value is -2.70. The van der Waals surface area contributed by atoms with Crippen LogP contribution in [0.5, 0.6) is 5.75 Å². The van der Waals surface area contributed by atoms with Gasteiger partial charge in [-0.25, -0.2) is 17.9 Å². The van der Waals surface area contributed by atoms with Gasteiger partial charge in [0.1, 0.15) is 10.6 Å². The van der Waals surface area contributed by atoms with Gasteiger partial charge in [-0.05, 0) is 49.7 Å². The van der Waals surface area contributed by atoms with Crippen molar-refractivity contribution in [3.63, 3.8) is 0 Å². The van der Waals surface area contributed by atoms with E-state index < -0.39 is 22.2 Å². The number of alkyl halides is 3. The highest BCUT2D eigenvalue weighted by molar-refractivity contribution is 7.89. The molecule has 33 heavy (non-hydrogen) atoms. The van der Waals surface area contributed by atoms with Gasteiger partial charge in [0, 0.05) is 30.9 Å². The number of hydrogen-bond donors (Lipinski definition) is 2. The second-order valence-corrected chi connectivity index (χ2v) is 9.74. The predicted octanol–water partition coefficient (Wildman–Crippen LogP) is 2.67. The van der Waals surface area contributed by atoms with Crippen LogP contribution in [0.15, 0.2) is 53.7 Å². The molecule has 4 rings (SSSR count). The number of nitrogens with one attached hydrogen (secondary N) is 1. The summed E-state index contributed by atoms with van der Waals surface area (Å²) in [6.45, 7) is 3.67. The van der Waals surface area contributed by atoms with Gasteiger partial charge in [-0.1, -0.05) is 18.2 Å². The van der Waals surface area contributed by atoms with E-state index in [0.29, 0.717) is 18.9 Å². The SMILES string of the molecule is O=C(O)C(F)(F)F.O=S1(=O)NCC2(CCN(Cc3cccnc3)CC2)COc2ccccc21. The zero-order valence-electron chi connectivity index (χ0n) is 17.6. The zero-order chi connectivity index (χ0) is 24.1. The van der Waals surface area contributed by atoms with E-state index in [0.717, 1.165) is 32.5 Å². The molecule has 180 valence electrons. The van der Waals surface area contributed by atoms with Crippen molar-refractivity contribution < 1.29 is 36.2 Å². The highest BCUT2D eigenvalue weighted by Crippen LogP contribution is 2.36. The summed E-state index contributed by atoms with van der Waals surface area (Å²) in [4.78, 5) is 15.7. The summed E-state index contributed by atoms with van der Waals surface area (Å²) in [5, 5.41) is 7.12. The van der Waals surface area contributed by atoms with Crippen LogP contribution in [0.25, 0.3) is 0 Å². The molecule has 0 atom stereocenters. The van der Waals surface area contributed by atoms with Crippen molar-refractivity contribution in [2.45, 2.75) is 30.5 Å². The van der Waals surface area contributed by atoms with Crippen LogP contribution >= 0.6 is 0 Å². The fourth-order valence-electron chi connectivity index (χ4n) is 3.66. The van der Waals surface area contributed by atoms with Crippen molar-refractivity contribution >= 4 is 16.0 Å². The minimum atomic E-state index is -5.08. The van der Waals surface area contributed by atoms with E-state index in [2.05, 4.69) is 20.7 Å². The normalized spacial score (nSPS) is 19.7. The maximum Gasteiger partial charge on any atom is 0.490 e. The van der Waals surface area contributed by atoms with Gasteiger partial charge in [-0.15, -0.1) is 0 Å². The molecule has 1 fully saturated rings. The number of sulfonamides is 1. The number of aromatic nitrogens is 1. The minimum absolute atomic E-state index is 0.161. The largest absolute Gasteiger partial charge is 0.492 e. The van der Waals surface area contributed by atoms with Crippen molar-refractivity contribution in [2.75, 3.05) is 26.2 Å². The summed E-state index contributed by atoms with van der Waals surface area (Å²) in [5.41, 5.74) is 1.04. The van der Waals surface area contributed by atoms with Gasteiger partial charge in [0.15, 0.2) is 0 Å². The van der Waals surface area contributed by atoms with Gasteiger partial charge < -0.3 is 9.84 Å². The lowest BCUT2D eigenvalue weighted by atomic mass is 9.79. The van der Waals surface area contributed by atoms with Crippen LogP contribution in [-0.4, -0.2) is 61.8 Å². The summed E-state index contributed by atoms with van der Waals surface area (Å²) in [6, 6.07) is 10.9. The lowest BCUT2D eigenvalue weighted by Gasteiger charge is -2.42. The Labute approximate surface area is 189 Å².